The number of aromatic nitrogens is 2. The maximum Gasteiger partial charge on any atom is 0.225 e. The smallest absolute Gasteiger partial charge is 0.225 e. The molecule has 0 radical (unpaired) electrons. The highest BCUT2D eigenvalue weighted by molar-refractivity contribution is 5.92. The van der Waals surface area contributed by atoms with Crippen LogP contribution in [0.25, 0.3) is 5.70 Å². The Morgan fingerprint density at radius 3 is 2.93 bits per heavy atom. The van der Waals surface area contributed by atoms with E-state index in [1.54, 1.807) is 17.9 Å². The predicted molar refractivity (Wildman–Crippen MR) is 60.0 cm³/mol. The van der Waals surface area contributed by atoms with Gasteiger partial charge in [0.15, 0.2) is 5.82 Å². The Labute approximate surface area is 89.0 Å². The van der Waals surface area contributed by atoms with Crippen molar-refractivity contribution in [1.29, 1.82) is 0 Å². The highest BCUT2D eigenvalue weighted by atomic mass is 16.1. The number of nitrogens with two attached hydrogens (primary N) is 1. The first kappa shape index (κ1) is 11.3. The summed E-state index contributed by atoms with van der Waals surface area (Å²) in [5, 5.41) is 6.80. The zero-order chi connectivity index (χ0) is 11.4. The largest absolute Gasteiger partial charge is 0.399 e. The topological polar surface area (TPSA) is 72.9 Å². The zero-order valence-corrected chi connectivity index (χ0v) is 9.08. The molecule has 0 aliphatic carbocycles. The lowest BCUT2D eigenvalue weighted by Crippen LogP contribution is -2.13. The van der Waals surface area contributed by atoms with Crippen LogP contribution in [0.15, 0.2) is 12.8 Å². The fourth-order valence-electron chi connectivity index (χ4n) is 1.24. The van der Waals surface area contributed by atoms with Crippen molar-refractivity contribution < 1.29 is 4.79 Å². The van der Waals surface area contributed by atoms with Crippen molar-refractivity contribution in [3.05, 3.63) is 18.3 Å². The number of hydrogen-bond acceptors (Lipinski definition) is 3. The van der Waals surface area contributed by atoms with Crippen LogP contribution in [0, 0.1) is 0 Å². The molecule has 82 valence electrons. The van der Waals surface area contributed by atoms with Crippen LogP contribution in [0.3, 0.4) is 0 Å². The third-order valence-electron chi connectivity index (χ3n) is 1.91. The highest BCUT2D eigenvalue weighted by Crippen LogP contribution is 2.17. The first-order valence-electron chi connectivity index (χ1n) is 4.82. The van der Waals surface area contributed by atoms with E-state index < -0.39 is 0 Å². The molecule has 5 heteroatoms. The van der Waals surface area contributed by atoms with Gasteiger partial charge >= 0.3 is 0 Å². The molecule has 0 unspecified atom stereocenters. The summed E-state index contributed by atoms with van der Waals surface area (Å²) in [6.45, 7) is 5.57. The van der Waals surface area contributed by atoms with Crippen molar-refractivity contribution in [3.63, 3.8) is 0 Å². The number of aryl methyl sites for hydroxylation is 1. The van der Waals surface area contributed by atoms with E-state index in [2.05, 4.69) is 17.0 Å². The molecule has 1 amide bonds. The van der Waals surface area contributed by atoms with Gasteiger partial charge in [0.05, 0.1) is 5.56 Å². The molecule has 15 heavy (non-hydrogen) atoms. The van der Waals surface area contributed by atoms with Crippen LogP contribution in [-0.4, -0.2) is 15.7 Å². The zero-order valence-electron chi connectivity index (χ0n) is 9.08. The summed E-state index contributed by atoms with van der Waals surface area (Å²) in [5.41, 5.74) is 6.64. The lowest BCUT2D eigenvalue weighted by molar-refractivity contribution is -0.116. The van der Waals surface area contributed by atoms with Gasteiger partial charge in [0.1, 0.15) is 0 Å². The fourth-order valence-corrected chi connectivity index (χ4v) is 1.24. The molecule has 0 fully saturated rings. The van der Waals surface area contributed by atoms with Gasteiger partial charge in [-0.1, -0.05) is 13.5 Å². The van der Waals surface area contributed by atoms with E-state index in [-0.39, 0.29) is 5.91 Å². The number of anilines is 1. The van der Waals surface area contributed by atoms with Crippen LogP contribution in [0.2, 0.25) is 0 Å². The third-order valence-corrected chi connectivity index (χ3v) is 1.91. The standard InChI is InChI=1S/C10H16N4O/c1-4-5-9(15)12-10-8(7(2)11)6-14(3)13-10/h6H,2,4-5,11H2,1,3H3,(H,12,13,15). The minimum absolute atomic E-state index is 0.0568. The molecule has 0 atom stereocenters. The molecule has 5 nitrogen and oxygen atoms in total. The van der Waals surface area contributed by atoms with Crippen molar-refractivity contribution in [3.8, 4) is 0 Å². The van der Waals surface area contributed by atoms with Crippen molar-refractivity contribution in [1.82, 2.24) is 9.78 Å². The minimum Gasteiger partial charge on any atom is -0.399 e. The monoisotopic (exact) mass is 208 g/mol. The van der Waals surface area contributed by atoms with Crippen LogP contribution < -0.4 is 11.1 Å². The molecular formula is C10H16N4O. The number of nitrogens with zero attached hydrogens (tertiary/aromatic N) is 2. The average molecular weight is 208 g/mol. The molecular weight excluding hydrogens is 192 g/mol. The summed E-state index contributed by atoms with van der Waals surface area (Å²) < 4.78 is 1.59. The van der Waals surface area contributed by atoms with Gasteiger partial charge in [0.2, 0.25) is 5.91 Å². The Morgan fingerprint density at radius 2 is 2.40 bits per heavy atom. The summed E-state index contributed by atoms with van der Waals surface area (Å²) in [6, 6.07) is 0. The van der Waals surface area contributed by atoms with E-state index in [0.29, 0.717) is 23.5 Å². The molecule has 1 aromatic rings. The normalized spacial score (nSPS) is 10.0. The molecule has 3 N–H and O–H groups in total. The Kier molecular flexibility index (Phi) is 3.49. The van der Waals surface area contributed by atoms with Crippen LogP contribution in [0.1, 0.15) is 25.3 Å². The Bertz CT molecular complexity index is 381. The van der Waals surface area contributed by atoms with Crippen LogP contribution in [-0.2, 0) is 11.8 Å². The molecule has 1 heterocycles. The van der Waals surface area contributed by atoms with Gasteiger partial charge in [-0.05, 0) is 6.42 Å². The van der Waals surface area contributed by atoms with Crippen LogP contribution in [0.5, 0.6) is 0 Å². The Balaban J connectivity index is 2.84. The summed E-state index contributed by atoms with van der Waals surface area (Å²) >= 11 is 0. The molecule has 0 aliphatic rings. The van der Waals surface area contributed by atoms with Gasteiger partial charge in [-0.25, -0.2) is 0 Å². The van der Waals surface area contributed by atoms with Crippen LogP contribution in [0.4, 0.5) is 5.82 Å². The van der Waals surface area contributed by atoms with Gasteiger partial charge in [-0.15, -0.1) is 0 Å². The number of nitrogens with one attached hydrogen (secondary N) is 1. The van der Waals surface area contributed by atoms with E-state index in [9.17, 15) is 4.79 Å². The molecule has 0 aliphatic heterocycles. The van der Waals surface area contributed by atoms with Gasteiger partial charge in [-0.3, -0.25) is 9.48 Å². The maximum atomic E-state index is 11.4. The fraction of sp³-hybridized carbons (Fsp3) is 0.400. The summed E-state index contributed by atoms with van der Waals surface area (Å²) in [5.74, 6) is 0.419. The molecule has 1 aromatic heterocycles. The first-order valence-corrected chi connectivity index (χ1v) is 4.82. The summed E-state index contributed by atoms with van der Waals surface area (Å²) in [7, 11) is 1.77. The molecule has 0 saturated heterocycles. The molecule has 0 aromatic carbocycles. The van der Waals surface area contributed by atoms with Gasteiger partial charge in [0, 0.05) is 25.4 Å². The van der Waals surface area contributed by atoms with Crippen molar-refractivity contribution in [2.75, 3.05) is 5.32 Å². The van der Waals surface area contributed by atoms with Crippen LogP contribution >= 0.6 is 0 Å². The van der Waals surface area contributed by atoms with Gasteiger partial charge in [-0.2, -0.15) is 5.10 Å². The second-order valence-corrected chi connectivity index (χ2v) is 3.39. The summed E-state index contributed by atoms with van der Waals surface area (Å²) in [4.78, 5) is 11.4. The lowest BCUT2D eigenvalue weighted by atomic mass is 10.2. The van der Waals surface area contributed by atoms with E-state index in [0.717, 1.165) is 6.42 Å². The van der Waals surface area contributed by atoms with E-state index in [4.69, 9.17) is 5.73 Å². The van der Waals surface area contributed by atoms with Crippen molar-refractivity contribution in [2.45, 2.75) is 19.8 Å². The molecule has 1 rings (SSSR count). The summed E-state index contributed by atoms with van der Waals surface area (Å²) in [6.07, 6.45) is 3.01. The van der Waals surface area contributed by atoms with Gasteiger partial charge < -0.3 is 11.1 Å². The Morgan fingerprint density at radius 1 is 1.73 bits per heavy atom. The average Bonchev–Trinajstić information content (AvgIpc) is 2.47. The van der Waals surface area contributed by atoms with Crippen molar-refractivity contribution >= 4 is 17.4 Å². The first-order chi connectivity index (χ1) is 7.04. The number of carbonyl (C=O) groups excluding carboxylic acids is 1. The lowest BCUT2D eigenvalue weighted by Gasteiger charge is -2.02. The van der Waals surface area contributed by atoms with E-state index in [1.807, 2.05) is 6.92 Å². The predicted octanol–water partition coefficient (Wildman–Crippen LogP) is 1.09. The second kappa shape index (κ2) is 4.63. The Hall–Kier alpha value is -1.78. The van der Waals surface area contributed by atoms with E-state index >= 15 is 0 Å². The number of rotatable bonds is 4. The maximum absolute atomic E-state index is 11.4. The van der Waals surface area contributed by atoms with Gasteiger partial charge in [0.25, 0.3) is 0 Å². The molecule has 0 saturated carbocycles. The molecule has 0 bridgehead atoms. The SMILES string of the molecule is C=C(N)c1cn(C)nc1NC(=O)CCC. The third kappa shape index (κ3) is 2.83. The number of amides is 1. The number of carbonyl (C=O) groups is 1. The second-order valence-electron chi connectivity index (χ2n) is 3.39. The molecule has 0 spiro atoms. The quantitative estimate of drug-likeness (QED) is 0.777. The van der Waals surface area contributed by atoms with E-state index in [1.165, 1.54) is 0 Å². The minimum atomic E-state index is -0.0568. The van der Waals surface area contributed by atoms with Crippen molar-refractivity contribution in [2.24, 2.45) is 12.8 Å². The highest BCUT2D eigenvalue weighted by Gasteiger charge is 2.11. The number of hydrogen-bond donors (Lipinski definition) is 2.